The predicted octanol–water partition coefficient (Wildman–Crippen LogP) is 2.68. The largest absolute Gasteiger partial charge is 0.481 e. The molecule has 0 aromatic heterocycles. The average molecular weight is 326 g/mol. The Bertz CT molecular complexity index is 561. The molecule has 1 amide bonds. The van der Waals surface area contributed by atoms with Crippen LogP contribution in [0.25, 0.3) is 0 Å². The Labute approximate surface area is 134 Å². The molecule has 1 aliphatic rings. The number of aliphatic carboxylic acids is 1. The van der Waals surface area contributed by atoms with Crippen LogP contribution in [0.15, 0.2) is 24.3 Å². The third-order valence-corrected chi connectivity index (χ3v) is 3.99. The molecule has 1 aromatic rings. The summed E-state index contributed by atoms with van der Waals surface area (Å²) in [6, 6.07) is 6.90. The zero-order valence-electron chi connectivity index (χ0n) is 12.7. The van der Waals surface area contributed by atoms with Gasteiger partial charge in [-0.05, 0) is 30.5 Å². The number of carboxylic acid groups (broad SMARTS) is 1. The summed E-state index contributed by atoms with van der Waals surface area (Å²) < 4.78 is 5.80. The second-order valence-corrected chi connectivity index (χ2v) is 6.28. The van der Waals surface area contributed by atoms with E-state index in [-0.39, 0.29) is 18.4 Å². The second kappa shape index (κ2) is 7.01. The zero-order valence-corrected chi connectivity index (χ0v) is 13.4. The molecule has 6 heteroatoms. The van der Waals surface area contributed by atoms with Crippen molar-refractivity contribution in [3.05, 3.63) is 29.3 Å². The number of amides is 1. The Morgan fingerprint density at radius 2 is 2.14 bits per heavy atom. The van der Waals surface area contributed by atoms with Crippen molar-refractivity contribution in [2.45, 2.75) is 26.4 Å². The molecular weight excluding hydrogens is 306 g/mol. The first-order chi connectivity index (χ1) is 10.4. The van der Waals surface area contributed by atoms with Crippen molar-refractivity contribution in [2.75, 3.05) is 13.1 Å². The Hall–Kier alpha value is -1.75. The van der Waals surface area contributed by atoms with Gasteiger partial charge in [0.2, 0.25) is 0 Å². The maximum Gasteiger partial charge on any atom is 0.308 e. The minimum absolute atomic E-state index is 0.0321. The van der Waals surface area contributed by atoms with Crippen molar-refractivity contribution >= 4 is 23.5 Å². The third-order valence-electron chi connectivity index (χ3n) is 3.76. The summed E-state index contributed by atoms with van der Waals surface area (Å²) in [5.74, 6) is -1.00. The molecule has 1 heterocycles. The van der Waals surface area contributed by atoms with E-state index in [2.05, 4.69) is 0 Å². The number of hydrogen-bond donors (Lipinski definition) is 1. The number of likely N-dealkylation sites (tertiary alicyclic amines) is 1. The van der Waals surface area contributed by atoms with E-state index in [9.17, 15) is 9.59 Å². The number of carbonyl (C=O) groups is 2. The van der Waals surface area contributed by atoms with Gasteiger partial charge >= 0.3 is 5.97 Å². The van der Waals surface area contributed by atoms with E-state index < -0.39 is 18.0 Å². The molecule has 1 aromatic carbocycles. The molecule has 2 unspecified atom stereocenters. The Morgan fingerprint density at radius 1 is 1.41 bits per heavy atom. The van der Waals surface area contributed by atoms with E-state index >= 15 is 0 Å². The molecule has 22 heavy (non-hydrogen) atoms. The lowest BCUT2D eigenvalue weighted by Crippen LogP contribution is -2.44. The number of hydrogen-bond acceptors (Lipinski definition) is 3. The van der Waals surface area contributed by atoms with Gasteiger partial charge in [-0.1, -0.05) is 31.5 Å². The van der Waals surface area contributed by atoms with Gasteiger partial charge in [-0.3, -0.25) is 9.59 Å². The summed E-state index contributed by atoms with van der Waals surface area (Å²) in [5, 5.41) is 9.58. The van der Waals surface area contributed by atoms with Gasteiger partial charge in [-0.25, -0.2) is 0 Å². The summed E-state index contributed by atoms with van der Waals surface area (Å²) in [4.78, 5) is 25.2. The fraction of sp³-hybridized carbons (Fsp3) is 0.500. The van der Waals surface area contributed by atoms with E-state index in [0.29, 0.717) is 23.7 Å². The molecule has 5 nitrogen and oxygen atoms in total. The fourth-order valence-electron chi connectivity index (χ4n) is 2.50. The van der Waals surface area contributed by atoms with Crippen LogP contribution in [0, 0.1) is 11.8 Å². The number of carbonyl (C=O) groups excluding carboxylic acids is 1. The van der Waals surface area contributed by atoms with Crippen LogP contribution in [0.5, 0.6) is 5.75 Å². The van der Waals surface area contributed by atoms with Gasteiger partial charge in [-0.2, -0.15) is 0 Å². The fourth-order valence-corrected chi connectivity index (χ4v) is 2.68. The quantitative estimate of drug-likeness (QED) is 0.903. The van der Waals surface area contributed by atoms with Gasteiger partial charge in [0.05, 0.1) is 5.92 Å². The third kappa shape index (κ3) is 3.91. The lowest BCUT2D eigenvalue weighted by Gasteiger charge is -2.26. The number of carboxylic acids is 1. The topological polar surface area (TPSA) is 66.8 Å². The number of nitrogens with zero attached hydrogens (tertiary/aromatic N) is 1. The molecule has 0 saturated carbocycles. The predicted molar refractivity (Wildman–Crippen MR) is 83.0 cm³/mol. The van der Waals surface area contributed by atoms with Crippen LogP contribution in [0.4, 0.5) is 0 Å². The van der Waals surface area contributed by atoms with Crippen LogP contribution in [-0.4, -0.2) is 41.1 Å². The van der Waals surface area contributed by atoms with Crippen LogP contribution in [0.2, 0.25) is 5.02 Å². The Balaban J connectivity index is 2.08. The molecule has 1 saturated heterocycles. The SMILES string of the molecule is CC(C)C(Oc1cccc(Cl)c1)C(=O)N1CCC(C(=O)O)C1. The highest BCUT2D eigenvalue weighted by Gasteiger charge is 2.36. The van der Waals surface area contributed by atoms with E-state index in [1.165, 1.54) is 0 Å². The summed E-state index contributed by atoms with van der Waals surface area (Å²) in [7, 11) is 0. The van der Waals surface area contributed by atoms with E-state index in [1.54, 1.807) is 29.2 Å². The van der Waals surface area contributed by atoms with Crippen LogP contribution in [0.1, 0.15) is 20.3 Å². The molecule has 0 spiro atoms. The van der Waals surface area contributed by atoms with Crippen LogP contribution in [-0.2, 0) is 9.59 Å². The summed E-state index contributed by atoms with van der Waals surface area (Å²) >= 11 is 5.93. The van der Waals surface area contributed by atoms with Gasteiger partial charge in [0.15, 0.2) is 6.10 Å². The summed E-state index contributed by atoms with van der Waals surface area (Å²) in [5.41, 5.74) is 0. The van der Waals surface area contributed by atoms with Gasteiger partial charge in [0, 0.05) is 18.1 Å². The van der Waals surface area contributed by atoms with Crippen molar-refractivity contribution in [3.63, 3.8) is 0 Å². The normalized spacial score (nSPS) is 19.3. The van der Waals surface area contributed by atoms with E-state index in [4.69, 9.17) is 21.4 Å². The minimum Gasteiger partial charge on any atom is -0.481 e. The Morgan fingerprint density at radius 3 is 2.68 bits per heavy atom. The minimum atomic E-state index is -0.854. The highest BCUT2D eigenvalue weighted by atomic mass is 35.5. The number of rotatable bonds is 5. The lowest BCUT2D eigenvalue weighted by molar-refractivity contribution is -0.142. The van der Waals surface area contributed by atoms with Crippen molar-refractivity contribution < 1.29 is 19.4 Å². The van der Waals surface area contributed by atoms with E-state index in [1.807, 2.05) is 13.8 Å². The van der Waals surface area contributed by atoms with Gasteiger partial charge in [-0.15, -0.1) is 0 Å². The molecule has 120 valence electrons. The molecular formula is C16H20ClNO4. The first-order valence-corrected chi connectivity index (χ1v) is 7.70. The molecule has 1 N–H and O–H groups in total. The molecule has 0 aliphatic carbocycles. The number of ether oxygens (including phenoxy) is 1. The van der Waals surface area contributed by atoms with Gasteiger partial charge in [0.1, 0.15) is 5.75 Å². The summed E-state index contributed by atoms with van der Waals surface area (Å²) in [6.45, 7) is 4.50. The van der Waals surface area contributed by atoms with Crippen molar-refractivity contribution in [1.29, 1.82) is 0 Å². The molecule has 2 rings (SSSR count). The average Bonchev–Trinajstić information content (AvgIpc) is 2.94. The highest BCUT2D eigenvalue weighted by molar-refractivity contribution is 6.30. The molecule has 1 fully saturated rings. The molecule has 0 radical (unpaired) electrons. The van der Waals surface area contributed by atoms with Crippen molar-refractivity contribution in [3.8, 4) is 5.75 Å². The second-order valence-electron chi connectivity index (χ2n) is 5.85. The van der Waals surface area contributed by atoms with Crippen LogP contribution in [0.3, 0.4) is 0 Å². The van der Waals surface area contributed by atoms with E-state index in [0.717, 1.165) is 0 Å². The van der Waals surface area contributed by atoms with Gasteiger partial charge < -0.3 is 14.7 Å². The first-order valence-electron chi connectivity index (χ1n) is 7.32. The number of benzene rings is 1. The maximum atomic E-state index is 12.6. The van der Waals surface area contributed by atoms with Crippen molar-refractivity contribution in [1.82, 2.24) is 4.90 Å². The van der Waals surface area contributed by atoms with Crippen LogP contribution < -0.4 is 4.74 Å². The molecule has 1 aliphatic heterocycles. The smallest absolute Gasteiger partial charge is 0.308 e. The molecule has 0 bridgehead atoms. The Kier molecular flexibility index (Phi) is 5.29. The van der Waals surface area contributed by atoms with Crippen LogP contribution >= 0.6 is 11.6 Å². The number of halogens is 1. The summed E-state index contributed by atoms with van der Waals surface area (Å²) in [6.07, 6.45) is -0.158. The lowest BCUT2D eigenvalue weighted by atomic mass is 10.1. The maximum absolute atomic E-state index is 12.6. The zero-order chi connectivity index (χ0) is 16.3. The standard InChI is InChI=1S/C16H20ClNO4/c1-10(2)14(22-13-5-3-4-12(17)8-13)15(19)18-7-6-11(9-18)16(20)21/h3-5,8,10-11,14H,6-7,9H2,1-2H3,(H,20,21). The first kappa shape index (κ1) is 16.6. The monoisotopic (exact) mass is 325 g/mol. The highest BCUT2D eigenvalue weighted by Crippen LogP contribution is 2.24. The molecule has 2 atom stereocenters. The van der Waals surface area contributed by atoms with Crippen molar-refractivity contribution in [2.24, 2.45) is 11.8 Å². The van der Waals surface area contributed by atoms with Gasteiger partial charge in [0.25, 0.3) is 5.91 Å².